The number of thioether (sulfide) groups is 1. The summed E-state index contributed by atoms with van der Waals surface area (Å²) in [5.74, 6) is -1.55. The van der Waals surface area contributed by atoms with Crippen LogP contribution in [0, 0.1) is 0 Å². The molecule has 0 aliphatic rings. The fourth-order valence-electron chi connectivity index (χ4n) is 1.09. The number of carbonyl (C=O) groups is 2. The van der Waals surface area contributed by atoms with Crippen LogP contribution in [0.1, 0.15) is 12.5 Å². The predicted octanol–water partition coefficient (Wildman–Crippen LogP) is 0.526. The van der Waals surface area contributed by atoms with Gasteiger partial charge in [0.1, 0.15) is 11.8 Å². The van der Waals surface area contributed by atoms with E-state index in [1.54, 1.807) is 30.3 Å². The van der Waals surface area contributed by atoms with Crippen LogP contribution < -0.4 is 5.11 Å². The second-order valence-electron chi connectivity index (χ2n) is 3.46. The number of aliphatic imine (C=N–C) groups is 1. The number of hydrogen-bond acceptors (Lipinski definition) is 5. The summed E-state index contributed by atoms with van der Waals surface area (Å²) >= 11 is 0.660. The molecule has 0 fully saturated rings. The molecule has 0 saturated carbocycles. The van der Waals surface area contributed by atoms with E-state index >= 15 is 0 Å². The SMILES string of the molecule is CC(SC(=O)CN=C([O-])c1ccccc1)C(=O)O. The van der Waals surface area contributed by atoms with Gasteiger partial charge in [-0.2, -0.15) is 0 Å². The molecular weight excluding hydrogens is 254 g/mol. The fraction of sp³-hybridized carbons (Fsp3) is 0.250. The highest BCUT2D eigenvalue weighted by Gasteiger charge is 2.15. The van der Waals surface area contributed by atoms with Crippen molar-refractivity contribution < 1.29 is 19.8 Å². The molecule has 1 atom stereocenters. The minimum absolute atomic E-state index is 0.310. The number of aliphatic carboxylic acids is 1. The number of carboxylic acids is 1. The Morgan fingerprint density at radius 1 is 1.39 bits per heavy atom. The first-order valence-corrected chi connectivity index (χ1v) is 6.08. The smallest absolute Gasteiger partial charge is 0.316 e. The van der Waals surface area contributed by atoms with E-state index in [1.165, 1.54) is 6.92 Å². The van der Waals surface area contributed by atoms with Crippen LogP contribution >= 0.6 is 11.8 Å². The summed E-state index contributed by atoms with van der Waals surface area (Å²) in [6.07, 6.45) is 0. The largest absolute Gasteiger partial charge is 0.858 e. The van der Waals surface area contributed by atoms with Gasteiger partial charge in [0.2, 0.25) is 5.12 Å². The maximum atomic E-state index is 11.5. The molecule has 18 heavy (non-hydrogen) atoms. The van der Waals surface area contributed by atoms with E-state index in [0.29, 0.717) is 17.3 Å². The molecule has 5 nitrogen and oxygen atoms in total. The van der Waals surface area contributed by atoms with E-state index in [2.05, 4.69) is 4.99 Å². The van der Waals surface area contributed by atoms with Crippen molar-refractivity contribution in [1.82, 2.24) is 0 Å². The van der Waals surface area contributed by atoms with Crippen molar-refractivity contribution >= 4 is 28.7 Å². The van der Waals surface area contributed by atoms with Crippen LogP contribution in [0.15, 0.2) is 35.3 Å². The second-order valence-corrected chi connectivity index (χ2v) is 4.86. The minimum Gasteiger partial charge on any atom is -0.858 e. The van der Waals surface area contributed by atoms with Crippen molar-refractivity contribution in [2.45, 2.75) is 12.2 Å². The van der Waals surface area contributed by atoms with E-state index < -0.39 is 22.2 Å². The lowest BCUT2D eigenvalue weighted by molar-refractivity contribution is -0.213. The highest BCUT2D eigenvalue weighted by Crippen LogP contribution is 2.11. The van der Waals surface area contributed by atoms with Gasteiger partial charge >= 0.3 is 5.97 Å². The Kier molecular flexibility index (Phi) is 5.38. The highest BCUT2D eigenvalue weighted by molar-refractivity contribution is 8.14. The first-order valence-electron chi connectivity index (χ1n) is 5.20. The molecule has 1 aromatic carbocycles. The summed E-state index contributed by atoms with van der Waals surface area (Å²) in [6.45, 7) is 1.10. The van der Waals surface area contributed by atoms with Gasteiger partial charge in [0, 0.05) is 0 Å². The molecule has 0 heterocycles. The quantitative estimate of drug-likeness (QED) is 0.620. The van der Waals surface area contributed by atoms with Crippen LogP contribution in [0.25, 0.3) is 0 Å². The average Bonchev–Trinajstić information content (AvgIpc) is 2.36. The van der Waals surface area contributed by atoms with Gasteiger partial charge in [-0.15, -0.1) is 0 Å². The van der Waals surface area contributed by atoms with Gasteiger partial charge < -0.3 is 10.2 Å². The van der Waals surface area contributed by atoms with Crippen LogP contribution in [-0.4, -0.2) is 33.9 Å². The molecule has 0 saturated heterocycles. The van der Waals surface area contributed by atoms with Crippen molar-refractivity contribution in [3.05, 3.63) is 35.9 Å². The minimum atomic E-state index is -1.07. The van der Waals surface area contributed by atoms with Crippen molar-refractivity contribution in [3.8, 4) is 0 Å². The monoisotopic (exact) mass is 266 g/mol. The number of rotatable bonds is 5. The van der Waals surface area contributed by atoms with Gasteiger partial charge in [-0.3, -0.25) is 14.6 Å². The maximum absolute atomic E-state index is 11.5. The Morgan fingerprint density at radius 3 is 2.56 bits per heavy atom. The van der Waals surface area contributed by atoms with Crippen LogP contribution in [-0.2, 0) is 9.59 Å². The lowest BCUT2D eigenvalue weighted by Crippen LogP contribution is -2.21. The van der Waals surface area contributed by atoms with E-state index in [1.807, 2.05) is 0 Å². The van der Waals surface area contributed by atoms with Gasteiger partial charge in [-0.1, -0.05) is 42.1 Å². The van der Waals surface area contributed by atoms with Gasteiger partial charge in [0.05, 0.1) is 0 Å². The number of nitrogens with zero attached hydrogens (tertiary/aromatic N) is 1. The zero-order chi connectivity index (χ0) is 13.5. The number of hydrogen-bond donors (Lipinski definition) is 1. The molecule has 1 N–H and O–H groups in total. The van der Waals surface area contributed by atoms with Crippen LogP contribution in [0.5, 0.6) is 0 Å². The molecule has 0 radical (unpaired) electrons. The molecule has 96 valence electrons. The molecule has 0 bridgehead atoms. The number of carboxylic acid groups (broad SMARTS) is 1. The predicted molar refractivity (Wildman–Crippen MR) is 67.5 cm³/mol. The van der Waals surface area contributed by atoms with Crippen LogP contribution in [0.2, 0.25) is 0 Å². The first kappa shape index (κ1) is 14.2. The van der Waals surface area contributed by atoms with E-state index in [0.717, 1.165) is 0 Å². The Bertz CT molecular complexity index is 458. The Balaban J connectivity index is 2.54. The number of carbonyl (C=O) groups excluding carboxylic acids is 1. The molecule has 0 spiro atoms. The lowest BCUT2D eigenvalue weighted by atomic mass is 10.2. The lowest BCUT2D eigenvalue weighted by Gasteiger charge is -2.10. The summed E-state index contributed by atoms with van der Waals surface area (Å²) in [5.41, 5.74) is 0.404. The van der Waals surface area contributed by atoms with E-state index in [-0.39, 0.29) is 6.54 Å². The normalized spacial score (nSPS) is 13.1. The van der Waals surface area contributed by atoms with Crippen LogP contribution in [0.3, 0.4) is 0 Å². The Hall–Kier alpha value is -1.82. The third-order valence-corrected chi connectivity index (χ3v) is 2.98. The van der Waals surface area contributed by atoms with Gasteiger partial charge in [0.15, 0.2) is 0 Å². The van der Waals surface area contributed by atoms with Crippen molar-refractivity contribution in [2.75, 3.05) is 6.54 Å². The fourth-order valence-corrected chi connectivity index (χ4v) is 1.73. The Labute approximate surface area is 109 Å². The van der Waals surface area contributed by atoms with Crippen LogP contribution in [0.4, 0.5) is 0 Å². The van der Waals surface area contributed by atoms with Gasteiger partial charge in [-0.25, -0.2) is 0 Å². The topological polar surface area (TPSA) is 89.8 Å². The van der Waals surface area contributed by atoms with Gasteiger partial charge in [0.25, 0.3) is 0 Å². The maximum Gasteiger partial charge on any atom is 0.316 e. The zero-order valence-electron chi connectivity index (χ0n) is 9.70. The second kappa shape index (κ2) is 6.80. The highest BCUT2D eigenvalue weighted by atomic mass is 32.2. The van der Waals surface area contributed by atoms with Gasteiger partial charge in [-0.05, 0) is 18.4 Å². The summed E-state index contributed by atoms with van der Waals surface area (Å²) in [5, 5.41) is 18.9. The summed E-state index contributed by atoms with van der Waals surface area (Å²) in [4.78, 5) is 25.5. The molecule has 0 amide bonds. The van der Waals surface area contributed by atoms with Crippen molar-refractivity contribution in [2.24, 2.45) is 4.99 Å². The molecular formula is C12H12NO4S-. The van der Waals surface area contributed by atoms with Crippen molar-refractivity contribution in [1.29, 1.82) is 0 Å². The number of benzene rings is 1. The summed E-state index contributed by atoms with van der Waals surface area (Å²) in [6, 6.07) is 8.37. The molecule has 1 unspecified atom stereocenters. The summed E-state index contributed by atoms with van der Waals surface area (Å²) in [7, 11) is 0. The van der Waals surface area contributed by atoms with E-state index in [9.17, 15) is 14.7 Å². The third kappa shape index (κ3) is 4.58. The third-order valence-electron chi connectivity index (χ3n) is 2.03. The first-order chi connectivity index (χ1) is 8.50. The molecule has 1 rings (SSSR count). The summed E-state index contributed by atoms with van der Waals surface area (Å²) < 4.78 is 0. The molecule has 0 aliphatic heterocycles. The molecule has 0 aliphatic carbocycles. The van der Waals surface area contributed by atoms with E-state index in [4.69, 9.17) is 5.11 Å². The molecule has 0 aromatic heterocycles. The average molecular weight is 266 g/mol. The Morgan fingerprint density at radius 2 is 2.00 bits per heavy atom. The van der Waals surface area contributed by atoms with Crippen molar-refractivity contribution in [3.63, 3.8) is 0 Å². The molecule has 6 heteroatoms. The zero-order valence-corrected chi connectivity index (χ0v) is 10.5. The standard InChI is InChI=1S/C12H13NO4S/c1-8(12(16)17)18-10(14)7-13-11(15)9-5-3-2-4-6-9/h2-6,8H,7H2,1H3,(H,13,15)(H,16,17)/p-1. The molecule has 1 aromatic rings.